The first-order chi connectivity index (χ1) is 11.5. The number of carbonyl (C=O) groups is 3. The van der Waals surface area contributed by atoms with Crippen molar-refractivity contribution in [2.24, 2.45) is 17.6 Å². The fourth-order valence-electron chi connectivity index (χ4n) is 2.99. The molecule has 0 unspecified atom stereocenters. The third kappa shape index (κ3) is 3.55. The highest BCUT2D eigenvalue weighted by atomic mass is 19.1. The van der Waals surface area contributed by atoms with Crippen molar-refractivity contribution < 1.29 is 18.8 Å². The molecule has 1 saturated heterocycles. The smallest absolute Gasteiger partial charge is 0.248 e. The number of carbonyl (C=O) groups excluding carboxylic acids is 3. The summed E-state index contributed by atoms with van der Waals surface area (Å²) in [7, 11) is 0. The van der Waals surface area contributed by atoms with E-state index in [9.17, 15) is 18.8 Å². The minimum atomic E-state index is -0.690. The van der Waals surface area contributed by atoms with Crippen molar-refractivity contribution in [1.82, 2.24) is 4.90 Å². The molecule has 3 rings (SSSR count). The molecule has 1 aromatic rings. The largest absolute Gasteiger partial charge is 0.366 e. The zero-order valence-corrected chi connectivity index (χ0v) is 13.3. The number of benzene rings is 1. The van der Waals surface area contributed by atoms with Crippen molar-refractivity contribution in [2.45, 2.75) is 25.7 Å². The lowest BCUT2D eigenvalue weighted by Gasteiger charge is -2.32. The first kappa shape index (κ1) is 16.4. The molecule has 3 N–H and O–H groups in total. The lowest BCUT2D eigenvalue weighted by atomic mass is 9.96. The number of nitrogens with two attached hydrogens (primary N) is 1. The zero-order valence-electron chi connectivity index (χ0n) is 13.3. The number of hydrogen-bond acceptors (Lipinski definition) is 3. The summed E-state index contributed by atoms with van der Waals surface area (Å²) >= 11 is 0. The normalized spacial score (nSPS) is 20.5. The van der Waals surface area contributed by atoms with E-state index >= 15 is 0 Å². The molecular formula is C17H20FN3O3. The molecular weight excluding hydrogens is 313 g/mol. The molecule has 0 radical (unpaired) electrons. The molecule has 6 nitrogen and oxygen atoms in total. The molecule has 1 heterocycles. The van der Waals surface area contributed by atoms with Crippen LogP contribution < -0.4 is 11.1 Å². The summed E-state index contributed by atoms with van der Waals surface area (Å²) in [5.74, 6) is -1.80. The van der Waals surface area contributed by atoms with Crippen molar-refractivity contribution in [3.8, 4) is 0 Å². The van der Waals surface area contributed by atoms with Gasteiger partial charge in [0.2, 0.25) is 17.7 Å². The summed E-state index contributed by atoms with van der Waals surface area (Å²) in [6.07, 6.45) is 3.26. The van der Waals surface area contributed by atoms with Crippen LogP contribution in [0.5, 0.6) is 0 Å². The third-order valence-electron chi connectivity index (χ3n) is 4.54. The molecule has 24 heavy (non-hydrogen) atoms. The van der Waals surface area contributed by atoms with Gasteiger partial charge in [-0.25, -0.2) is 4.39 Å². The average molecular weight is 333 g/mol. The van der Waals surface area contributed by atoms with Crippen LogP contribution in [0.3, 0.4) is 0 Å². The summed E-state index contributed by atoms with van der Waals surface area (Å²) in [5, 5.41) is 2.52. The predicted molar refractivity (Wildman–Crippen MR) is 85.6 cm³/mol. The Kier molecular flexibility index (Phi) is 4.51. The maximum Gasteiger partial charge on any atom is 0.248 e. The first-order valence-electron chi connectivity index (χ1n) is 8.14. The predicted octanol–water partition coefficient (Wildman–Crippen LogP) is 1.51. The number of halogens is 1. The van der Waals surface area contributed by atoms with E-state index in [1.54, 1.807) is 4.90 Å². The van der Waals surface area contributed by atoms with E-state index in [0.717, 1.165) is 25.3 Å². The minimum Gasteiger partial charge on any atom is -0.366 e. The number of amides is 3. The molecule has 3 amide bonds. The molecule has 128 valence electrons. The van der Waals surface area contributed by atoms with Crippen molar-refractivity contribution >= 4 is 23.4 Å². The molecule has 0 spiro atoms. The van der Waals surface area contributed by atoms with Crippen LogP contribution in [0, 0.1) is 17.7 Å². The van der Waals surface area contributed by atoms with Gasteiger partial charge in [-0.15, -0.1) is 0 Å². The van der Waals surface area contributed by atoms with Crippen molar-refractivity contribution in [1.29, 1.82) is 0 Å². The van der Waals surface area contributed by atoms with Crippen LogP contribution in [0.15, 0.2) is 18.2 Å². The highest BCUT2D eigenvalue weighted by molar-refractivity contribution is 5.97. The Bertz CT molecular complexity index is 688. The minimum absolute atomic E-state index is 0.0676. The topological polar surface area (TPSA) is 92.5 Å². The van der Waals surface area contributed by atoms with Gasteiger partial charge in [-0.1, -0.05) is 0 Å². The monoisotopic (exact) mass is 333 g/mol. The average Bonchev–Trinajstić information content (AvgIpc) is 3.41. The van der Waals surface area contributed by atoms with E-state index in [2.05, 4.69) is 5.32 Å². The van der Waals surface area contributed by atoms with Gasteiger partial charge >= 0.3 is 0 Å². The fraction of sp³-hybridized carbons (Fsp3) is 0.471. The number of nitrogens with zero attached hydrogens (tertiary/aromatic N) is 1. The molecule has 7 heteroatoms. The molecule has 1 saturated carbocycles. The Hall–Kier alpha value is -2.44. The third-order valence-corrected chi connectivity index (χ3v) is 4.54. The second-order valence-corrected chi connectivity index (χ2v) is 6.45. The van der Waals surface area contributed by atoms with E-state index in [0.29, 0.717) is 19.5 Å². The molecule has 1 aliphatic carbocycles. The van der Waals surface area contributed by atoms with E-state index in [4.69, 9.17) is 5.73 Å². The van der Waals surface area contributed by atoms with Crippen LogP contribution in [0.2, 0.25) is 0 Å². The van der Waals surface area contributed by atoms with Gasteiger partial charge in [0.1, 0.15) is 5.82 Å². The van der Waals surface area contributed by atoms with Gasteiger partial charge in [0, 0.05) is 24.6 Å². The Morgan fingerprint density at radius 2 is 1.92 bits per heavy atom. The Morgan fingerprint density at radius 3 is 2.58 bits per heavy atom. The molecule has 2 fully saturated rings. The number of likely N-dealkylation sites (tertiary alicyclic amines) is 1. The second kappa shape index (κ2) is 6.59. The standard InChI is InChI=1S/C17H20FN3O3/c18-13-6-5-11(15(19)22)8-14(13)20-16(23)12-2-1-7-21(9-12)17(24)10-3-4-10/h5-6,8,10,12H,1-4,7,9H2,(H2,19,22)(H,20,23)/t12-/m0/s1. The van der Waals surface area contributed by atoms with Gasteiger partial charge in [0.25, 0.3) is 0 Å². The zero-order chi connectivity index (χ0) is 17.3. The van der Waals surface area contributed by atoms with Gasteiger partial charge in [-0.2, -0.15) is 0 Å². The highest BCUT2D eigenvalue weighted by Crippen LogP contribution is 2.32. The highest BCUT2D eigenvalue weighted by Gasteiger charge is 2.36. The Labute approximate surface area is 139 Å². The lowest BCUT2D eigenvalue weighted by molar-refractivity contribution is -0.135. The Balaban J connectivity index is 1.67. The molecule has 0 aromatic heterocycles. The van der Waals surface area contributed by atoms with E-state index in [1.165, 1.54) is 12.1 Å². The van der Waals surface area contributed by atoms with Gasteiger partial charge in [-0.05, 0) is 43.9 Å². The Morgan fingerprint density at radius 1 is 1.17 bits per heavy atom. The van der Waals surface area contributed by atoms with Gasteiger partial charge in [-0.3, -0.25) is 14.4 Å². The van der Waals surface area contributed by atoms with Crippen LogP contribution in [0.4, 0.5) is 10.1 Å². The summed E-state index contributed by atoms with van der Waals surface area (Å²) in [4.78, 5) is 37.5. The molecule has 2 aliphatic rings. The lowest BCUT2D eigenvalue weighted by Crippen LogP contribution is -2.44. The van der Waals surface area contributed by atoms with Crippen LogP contribution in [-0.2, 0) is 9.59 Å². The second-order valence-electron chi connectivity index (χ2n) is 6.45. The summed E-state index contributed by atoms with van der Waals surface area (Å²) < 4.78 is 13.8. The van der Waals surface area contributed by atoms with Crippen molar-refractivity contribution in [2.75, 3.05) is 18.4 Å². The van der Waals surface area contributed by atoms with Crippen molar-refractivity contribution in [3.05, 3.63) is 29.6 Å². The van der Waals surface area contributed by atoms with Crippen LogP contribution in [-0.4, -0.2) is 35.7 Å². The molecule has 1 aliphatic heterocycles. The van der Waals surface area contributed by atoms with Crippen LogP contribution in [0.1, 0.15) is 36.0 Å². The first-order valence-corrected chi connectivity index (χ1v) is 8.14. The fourth-order valence-corrected chi connectivity index (χ4v) is 2.99. The summed E-state index contributed by atoms with van der Waals surface area (Å²) in [6, 6.07) is 3.59. The van der Waals surface area contributed by atoms with Crippen molar-refractivity contribution in [3.63, 3.8) is 0 Å². The number of anilines is 1. The number of nitrogens with one attached hydrogen (secondary N) is 1. The summed E-state index contributed by atoms with van der Waals surface area (Å²) in [6.45, 7) is 1.03. The van der Waals surface area contributed by atoms with E-state index in [1.807, 2.05) is 0 Å². The van der Waals surface area contributed by atoms with Crippen LogP contribution in [0.25, 0.3) is 0 Å². The molecule has 1 aromatic carbocycles. The number of primary amides is 1. The van der Waals surface area contributed by atoms with E-state index < -0.39 is 11.7 Å². The maximum absolute atomic E-state index is 13.8. The summed E-state index contributed by atoms with van der Waals surface area (Å²) in [5.41, 5.74) is 5.23. The van der Waals surface area contributed by atoms with Crippen LogP contribution >= 0.6 is 0 Å². The van der Waals surface area contributed by atoms with Gasteiger partial charge < -0.3 is 16.0 Å². The maximum atomic E-state index is 13.8. The number of hydrogen-bond donors (Lipinski definition) is 2. The molecule has 0 bridgehead atoms. The van der Waals surface area contributed by atoms with Gasteiger partial charge in [0.05, 0.1) is 11.6 Å². The van der Waals surface area contributed by atoms with Gasteiger partial charge in [0.15, 0.2) is 0 Å². The SMILES string of the molecule is NC(=O)c1ccc(F)c(NC(=O)[C@H]2CCCN(C(=O)C3CC3)C2)c1. The number of piperidine rings is 1. The molecule has 1 atom stereocenters. The van der Waals surface area contributed by atoms with E-state index in [-0.39, 0.29) is 34.9 Å². The number of rotatable bonds is 4. The quantitative estimate of drug-likeness (QED) is 0.875.